The minimum absolute atomic E-state index is 0.326. The molecule has 0 amide bonds. The SMILES string of the molecule is CCOC(=O)C(C)(N)CN(C)C(CC)CC. The number of ether oxygens (including phenoxy) is 1. The number of carbonyl (C=O) groups is 1. The molecular formula is C12H26N2O2. The quantitative estimate of drug-likeness (QED) is 0.671. The molecule has 1 unspecified atom stereocenters. The van der Waals surface area contributed by atoms with Crippen LogP contribution in [0.5, 0.6) is 0 Å². The second-order valence-corrected chi connectivity index (χ2v) is 4.52. The number of carbonyl (C=O) groups excluding carboxylic acids is 1. The minimum Gasteiger partial charge on any atom is -0.465 e. The van der Waals surface area contributed by atoms with Crippen molar-refractivity contribution in [3.05, 3.63) is 0 Å². The molecule has 0 aromatic heterocycles. The summed E-state index contributed by atoms with van der Waals surface area (Å²) in [7, 11) is 2.00. The zero-order valence-electron chi connectivity index (χ0n) is 11.2. The van der Waals surface area contributed by atoms with Crippen molar-refractivity contribution in [3.63, 3.8) is 0 Å². The smallest absolute Gasteiger partial charge is 0.327 e. The Balaban J connectivity index is 4.39. The minimum atomic E-state index is -0.923. The first kappa shape index (κ1) is 15.4. The molecular weight excluding hydrogens is 204 g/mol. The average Bonchev–Trinajstić information content (AvgIpc) is 2.19. The Morgan fingerprint density at radius 1 is 1.38 bits per heavy atom. The molecule has 0 heterocycles. The first-order valence-corrected chi connectivity index (χ1v) is 6.05. The van der Waals surface area contributed by atoms with Gasteiger partial charge in [-0.05, 0) is 33.7 Å². The Labute approximate surface area is 99.1 Å². The second-order valence-electron chi connectivity index (χ2n) is 4.52. The highest BCUT2D eigenvalue weighted by atomic mass is 16.5. The van der Waals surface area contributed by atoms with Crippen LogP contribution in [0.3, 0.4) is 0 Å². The molecule has 16 heavy (non-hydrogen) atoms. The van der Waals surface area contributed by atoms with E-state index >= 15 is 0 Å². The van der Waals surface area contributed by atoms with E-state index in [0.717, 1.165) is 12.8 Å². The summed E-state index contributed by atoms with van der Waals surface area (Å²) >= 11 is 0. The molecule has 0 spiro atoms. The van der Waals surface area contributed by atoms with Gasteiger partial charge in [-0.15, -0.1) is 0 Å². The third-order valence-corrected chi connectivity index (χ3v) is 2.89. The Morgan fingerprint density at radius 3 is 2.25 bits per heavy atom. The van der Waals surface area contributed by atoms with Gasteiger partial charge < -0.3 is 15.4 Å². The summed E-state index contributed by atoms with van der Waals surface area (Å²) in [4.78, 5) is 13.8. The van der Waals surface area contributed by atoms with Gasteiger partial charge in [-0.1, -0.05) is 13.8 Å². The van der Waals surface area contributed by atoms with Crippen LogP contribution in [0.1, 0.15) is 40.5 Å². The van der Waals surface area contributed by atoms with E-state index in [0.29, 0.717) is 19.2 Å². The van der Waals surface area contributed by atoms with Crippen molar-refractivity contribution in [1.82, 2.24) is 4.90 Å². The zero-order valence-corrected chi connectivity index (χ0v) is 11.2. The van der Waals surface area contributed by atoms with E-state index in [1.807, 2.05) is 7.05 Å². The Hall–Kier alpha value is -0.610. The molecule has 2 N–H and O–H groups in total. The molecule has 0 aliphatic rings. The maximum absolute atomic E-state index is 11.6. The first-order chi connectivity index (χ1) is 7.38. The Kier molecular flexibility index (Phi) is 6.60. The van der Waals surface area contributed by atoms with Gasteiger partial charge in [0, 0.05) is 12.6 Å². The summed E-state index contributed by atoms with van der Waals surface area (Å²) in [5.41, 5.74) is 5.05. The fourth-order valence-corrected chi connectivity index (χ4v) is 1.92. The summed E-state index contributed by atoms with van der Waals surface area (Å²) in [6.45, 7) is 8.70. The molecule has 0 aromatic rings. The van der Waals surface area contributed by atoms with Gasteiger partial charge in [0.2, 0.25) is 0 Å². The highest BCUT2D eigenvalue weighted by Gasteiger charge is 2.32. The monoisotopic (exact) mass is 230 g/mol. The van der Waals surface area contributed by atoms with Gasteiger partial charge in [0.05, 0.1) is 6.61 Å². The van der Waals surface area contributed by atoms with E-state index in [1.54, 1.807) is 13.8 Å². The molecule has 0 saturated carbocycles. The van der Waals surface area contributed by atoms with E-state index in [4.69, 9.17) is 10.5 Å². The first-order valence-electron chi connectivity index (χ1n) is 6.05. The van der Waals surface area contributed by atoms with E-state index in [-0.39, 0.29) is 5.97 Å². The van der Waals surface area contributed by atoms with E-state index < -0.39 is 5.54 Å². The van der Waals surface area contributed by atoms with E-state index in [1.165, 1.54) is 0 Å². The summed E-state index contributed by atoms with van der Waals surface area (Å²) in [5.74, 6) is -0.326. The lowest BCUT2D eigenvalue weighted by atomic mass is 10.0. The third kappa shape index (κ3) is 4.49. The van der Waals surface area contributed by atoms with Gasteiger partial charge in [-0.2, -0.15) is 0 Å². The van der Waals surface area contributed by atoms with Gasteiger partial charge >= 0.3 is 5.97 Å². The number of nitrogens with two attached hydrogens (primary N) is 1. The van der Waals surface area contributed by atoms with E-state index in [9.17, 15) is 4.79 Å². The Bertz CT molecular complexity index is 213. The standard InChI is InChI=1S/C12H26N2O2/c1-6-10(7-2)14(5)9-12(4,13)11(15)16-8-3/h10H,6-9,13H2,1-5H3. The number of esters is 1. The highest BCUT2D eigenvalue weighted by Crippen LogP contribution is 2.11. The summed E-state index contributed by atoms with van der Waals surface area (Å²) in [6.07, 6.45) is 2.12. The van der Waals surface area contributed by atoms with Crippen LogP contribution in [-0.4, -0.2) is 42.6 Å². The van der Waals surface area contributed by atoms with Crippen LogP contribution in [0.4, 0.5) is 0 Å². The van der Waals surface area contributed by atoms with Crippen LogP contribution in [-0.2, 0) is 9.53 Å². The van der Waals surface area contributed by atoms with Crippen LogP contribution >= 0.6 is 0 Å². The molecule has 0 radical (unpaired) electrons. The van der Waals surface area contributed by atoms with Crippen molar-refractivity contribution in [2.45, 2.75) is 52.1 Å². The van der Waals surface area contributed by atoms with Crippen molar-refractivity contribution >= 4 is 5.97 Å². The number of hydrogen-bond donors (Lipinski definition) is 1. The second kappa shape index (κ2) is 6.86. The lowest BCUT2D eigenvalue weighted by Gasteiger charge is -2.32. The molecule has 96 valence electrons. The molecule has 0 saturated heterocycles. The van der Waals surface area contributed by atoms with Gasteiger partial charge in [-0.25, -0.2) is 0 Å². The van der Waals surface area contributed by atoms with Gasteiger partial charge in [0.1, 0.15) is 5.54 Å². The van der Waals surface area contributed by atoms with Crippen molar-refractivity contribution in [1.29, 1.82) is 0 Å². The fraction of sp³-hybridized carbons (Fsp3) is 0.917. The van der Waals surface area contributed by atoms with Crippen molar-refractivity contribution < 1.29 is 9.53 Å². The molecule has 0 aromatic carbocycles. The average molecular weight is 230 g/mol. The molecule has 0 fully saturated rings. The predicted molar refractivity (Wildman–Crippen MR) is 66.2 cm³/mol. The number of likely N-dealkylation sites (N-methyl/N-ethyl adjacent to an activating group) is 1. The molecule has 4 heteroatoms. The molecule has 0 aliphatic heterocycles. The summed E-state index contributed by atoms with van der Waals surface area (Å²) < 4.78 is 4.96. The maximum atomic E-state index is 11.6. The highest BCUT2D eigenvalue weighted by molar-refractivity contribution is 5.80. The molecule has 0 rings (SSSR count). The van der Waals surface area contributed by atoms with Crippen molar-refractivity contribution in [2.24, 2.45) is 5.73 Å². The van der Waals surface area contributed by atoms with Crippen LogP contribution in [0.15, 0.2) is 0 Å². The summed E-state index contributed by atoms with van der Waals surface area (Å²) in [6, 6.07) is 0.470. The number of rotatable bonds is 7. The van der Waals surface area contributed by atoms with Crippen LogP contribution < -0.4 is 5.73 Å². The largest absolute Gasteiger partial charge is 0.465 e. The van der Waals surface area contributed by atoms with Gasteiger partial charge in [0.25, 0.3) is 0 Å². The molecule has 0 bridgehead atoms. The molecule has 1 atom stereocenters. The normalized spacial score (nSPS) is 15.2. The maximum Gasteiger partial charge on any atom is 0.327 e. The van der Waals surface area contributed by atoms with Crippen LogP contribution in [0.2, 0.25) is 0 Å². The molecule has 0 aliphatic carbocycles. The zero-order chi connectivity index (χ0) is 12.8. The fourth-order valence-electron chi connectivity index (χ4n) is 1.92. The Morgan fingerprint density at radius 2 is 1.88 bits per heavy atom. The third-order valence-electron chi connectivity index (χ3n) is 2.89. The van der Waals surface area contributed by atoms with Crippen LogP contribution in [0, 0.1) is 0 Å². The van der Waals surface area contributed by atoms with Gasteiger partial charge in [0.15, 0.2) is 0 Å². The van der Waals surface area contributed by atoms with Gasteiger partial charge in [-0.3, -0.25) is 4.79 Å². The topological polar surface area (TPSA) is 55.6 Å². The summed E-state index contributed by atoms with van der Waals surface area (Å²) in [5, 5.41) is 0. The number of nitrogens with zero attached hydrogens (tertiary/aromatic N) is 1. The lowest BCUT2D eigenvalue weighted by molar-refractivity contribution is -0.149. The number of hydrogen-bond acceptors (Lipinski definition) is 4. The molecule has 4 nitrogen and oxygen atoms in total. The lowest BCUT2D eigenvalue weighted by Crippen LogP contribution is -2.55. The predicted octanol–water partition coefficient (Wildman–Crippen LogP) is 1.39. The van der Waals surface area contributed by atoms with Crippen molar-refractivity contribution in [3.8, 4) is 0 Å². The van der Waals surface area contributed by atoms with E-state index in [2.05, 4.69) is 18.7 Å². The van der Waals surface area contributed by atoms with Crippen molar-refractivity contribution in [2.75, 3.05) is 20.2 Å². The van der Waals surface area contributed by atoms with Crippen LogP contribution in [0.25, 0.3) is 0 Å².